The summed E-state index contributed by atoms with van der Waals surface area (Å²) in [5, 5.41) is 6.70. The molecule has 2 aromatic carbocycles. The first-order valence-electron chi connectivity index (χ1n) is 8.61. The summed E-state index contributed by atoms with van der Waals surface area (Å²) in [6.45, 7) is 3.09. The Morgan fingerprint density at radius 2 is 2.12 bits per heavy atom. The zero-order valence-corrected chi connectivity index (χ0v) is 14.4. The molecule has 26 heavy (non-hydrogen) atoms. The first-order valence-corrected chi connectivity index (χ1v) is 8.61. The molecule has 2 heterocycles. The van der Waals surface area contributed by atoms with Crippen molar-refractivity contribution in [2.45, 2.75) is 19.4 Å². The number of amides is 2. The van der Waals surface area contributed by atoms with Gasteiger partial charge >= 0.3 is 0 Å². The quantitative estimate of drug-likeness (QED) is 0.585. The van der Waals surface area contributed by atoms with Crippen LogP contribution in [0.5, 0.6) is 0 Å². The fourth-order valence-electron chi connectivity index (χ4n) is 3.46. The molecular formula is C20H20N4O2. The molecule has 6 heteroatoms. The second-order valence-corrected chi connectivity index (χ2v) is 6.64. The molecule has 132 valence electrons. The molecule has 0 saturated heterocycles. The van der Waals surface area contributed by atoms with E-state index in [1.807, 2.05) is 36.4 Å². The number of nitrogens with one attached hydrogen (secondary N) is 3. The van der Waals surface area contributed by atoms with Gasteiger partial charge in [0.05, 0.1) is 0 Å². The molecule has 0 radical (unpaired) electrons. The van der Waals surface area contributed by atoms with Crippen LogP contribution >= 0.6 is 0 Å². The maximum absolute atomic E-state index is 12.7. The number of carbonyl (C=O) groups is 2. The van der Waals surface area contributed by atoms with Crippen molar-refractivity contribution >= 4 is 28.4 Å². The molecule has 2 amide bonds. The maximum Gasteiger partial charge on any atom is 0.268 e. The van der Waals surface area contributed by atoms with E-state index in [0.717, 1.165) is 22.0 Å². The average molecular weight is 348 g/mol. The lowest BCUT2D eigenvalue weighted by Crippen LogP contribution is -2.33. The summed E-state index contributed by atoms with van der Waals surface area (Å²) in [5.41, 5.74) is 10.3. The van der Waals surface area contributed by atoms with Crippen molar-refractivity contribution in [3.05, 3.63) is 64.8 Å². The van der Waals surface area contributed by atoms with Crippen LogP contribution in [0.15, 0.2) is 42.5 Å². The van der Waals surface area contributed by atoms with Gasteiger partial charge in [-0.3, -0.25) is 9.59 Å². The highest BCUT2D eigenvalue weighted by molar-refractivity contribution is 6.08. The van der Waals surface area contributed by atoms with E-state index in [0.29, 0.717) is 30.0 Å². The van der Waals surface area contributed by atoms with Crippen LogP contribution in [0.3, 0.4) is 0 Å². The number of fused-ring (bicyclic) bond motifs is 3. The molecule has 1 aliphatic heterocycles. The Hall–Kier alpha value is -3.12. The summed E-state index contributed by atoms with van der Waals surface area (Å²) in [6, 6.07) is 12.9. The number of carbonyl (C=O) groups excluding carboxylic acids is 2. The van der Waals surface area contributed by atoms with Gasteiger partial charge in [0.1, 0.15) is 5.69 Å². The summed E-state index contributed by atoms with van der Waals surface area (Å²) in [7, 11) is 0. The molecule has 3 aromatic rings. The van der Waals surface area contributed by atoms with Crippen molar-refractivity contribution in [1.82, 2.24) is 10.3 Å². The van der Waals surface area contributed by atoms with Gasteiger partial charge in [0.2, 0.25) is 0 Å². The van der Waals surface area contributed by atoms with Gasteiger partial charge < -0.3 is 21.4 Å². The number of hydrogen-bond acceptors (Lipinski definition) is 3. The SMILES string of the molecule is CC1CNC(=O)c2[nH]c3ccc(C(=O)Nc4cccc(CN)c4)cc3c21. The van der Waals surface area contributed by atoms with Gasteiger partial charge in [-0.25, -0.2) is 0 Å². The predicted molar refractivity (Wildman–Crippen MR) is 101 cm³/mol. The monoisotopic (exact) mass is 348 g/mol. The maximum atomic E-state index is 12.7. The third kappa shape index (κ3) is 2.74. The molecule has 1 unspecified atom stereocenters. The summed E-state index contributed by atoms with van der Waals surface area (Å²) in [6.07, 6.45) is 0. The molecule has 5 N–H and O–H groups in total. The van der Waals surface area contributed by atoms with Crippen LogP contribution in [0.4, 0.5) is 5.69 Å². The molecule has 1 aliphatic rings. The molecule has 0 aliphatic carbocycles. The molecule has 6 nitrogen and oxygen atoms in total. The number of aromatic nitrogens is 1. The van der Waals surface area contributed by atoms with Crippen molar-refractivity contribution in [3.8, 4) is 0 Å². The normalized spacial score (nSPS) is 16.2. The van der Waals surface area contributed by atoms with Crippen molar-refractivity contribution in [2.75, 3.05) is 11.9 Å². The highest BCUT2D eigenvalue weighted by Gasteiger charge is 2.27. The highest BCUT2D eigenvalue weighted by Crippen LogP contribution is 2.32. The molecule has 4 rings (SSSR count). The lowest BCUT2D eigenvalue weighted by Gasteiger charge is -2.19. The largest absolute Gasteiger partial charge is 0.350 e. The molecule has 1 atom stereocenters. The summed E-state index contributed by atoms with van der Waals surface area (Å²) in [4.78, 5) is 27.9. The summed E-state index contributed by atoms with van der Waals surface area (Å²) in [5.74, 6) is -0.0983. The Balaban J connectivity index is 1.69. The van der Waals surface area contributed by atoms with Gasteiger partial charge in [0.25, 0.3) is 11.8 Å². The number of rotatable bonds is 3. The average Bonchev–Trinajstić information content (AvgIpc) is 3.05. The Bertz CT molecular complexity index is 1020. The van der Waals surface area contributed by atoms with Crippen LogP contribution in [0.25, 0.3) is 10.9 Å². The fourth-order valence-corrected chi connectivity index (χ4v) is 3.46. The molecule has 1 aromatic heterocycles. The van der Waals surface area contributed by atoms with E-state index in [9.17, 15) is 9.59 Å². The summed E-state index contributed by atoms with van der Waals surface area (Å²) >= 11 is 0. The summed E-state index contributed by atoms with van der Waals surface area (Å²) < 4.78 is 0. The van der Waals surface area contributed by atoms with E-state index in [1.54, 1.807) is 6.07 Å². The van der Waals surface area contributed by atoms with E-state index < -0.39 is 0 Å². The second kappa shape index (κ2) is 6.31. The Morgan fingerprint density at radius 1 is 1.27 bits per heavy atom. The number of hydrogen-bond donors (Lipinski definition) is 4. The van der Waals surface area contributed by atoms with Gasteiger partial charge in [0.15, 0.2) is 0 Å². The third-order valence-corrected chi connectivity index (χ3v) is 4.81. The zero-order chi connectivity index (χ0) is 18.3. The number of H-pyrrole nitrogens is 1. The van der Waals surface area contributed by atoms with Crippen LogP contribution in [0, 0.1) is 0 Å². The first-order chi connectivity index (χ1) is 12.6. The van der Waals surface area contributed by atoms with E-state index in [1.165, 1.54) is 0 Å². The number of nitrogens with two attached hydrogens (primary N) is 1. The molecule has 0 fully saturated rings. The Kier molecular flexibility index (Phi) is 3.97. The topological polar surface area (TPSA) is 100 Å². The molecule has 0 saturated carbocycles. The number of benzene rings is 2. The van der Waals surface area contributed by atoms with Gasteiger partial charge in [0, 0.05) is 41.2 Å². The van der Waals surface area contributed by atoms with E-state index >= 15 is 0 Å². The lowest BCUT2D eigenvalue weighted by molar-refractivity contribution is 0.0936. The van der Waals surface area contributed by atoms with Crippen molar-refractivity contribution in [3.63, 3.8) is 0 Å². The smallest absolute Gasteiger partial charge is 0.268 e. The van der Waals surface area contributed by atoms with Crippen LogP contribution in [-0.2, 0) is 6.54 Å². The van der Waals surface area contributed by atoms with Gasteiger partial charge in [-0.15, -0.1) is 0 Å². The third-order valence-electron chi connectivity index (χ3n) is 4.81. The standard InChI is InChI=1S/C20H20N4O2/c1-11-10-22-20(26)18-17(11)15-8-13(5-6-16(15)24-18)19(25)23-14-4-2-3-12(7-14)9-21/h2-8,11,24H,9-10,21H2,1H3,(H,22,26)(H,23,25). The second-order valence-electron chi connectivity index (χ2n) is 6.64. The molecule has 0 spiro atoms. The van der Waals surface area contributed by atoms with Crippen molar-refractivity contribution in [2.24, 2.45) is 5.73 Å². The predicted octanol–water partition coefficient (Wildman–Crippen LogP) is 2.73. The first kappa shape index (κ1) is 16.4. The molecular weight excluding hydrogens is 328 g/mol. The Labute approximate surface area is 150 Å². The Morgan fingerprint density at radius 3 is 2.92 bits per heavy atom. The van der Waals surface area contributed by atoms with E-state index in [-0.39, 0.29) is 17.7 Å². The number of aromatic amines is 1. The van der Waals surface area contributed by atoms with Gasteiger partial charge in [-0.05, 0) is 41.5 Å². The minimum Gasteiger partial charge on any atom is -0.350 e. The van der Waals surface area contributed by atoms with Crippen LogP contribution in [0.1, 0.15) is 44.8 Å². The molecule has 0 bridgehead atoms. The van der Waals surface area contributed by atoms with Crippen LogP contribution in [0.2, 0.25) is 0 Å². The minimum absolute atomic E-state index is 0.0982. The van der Waals surface area contributed by atoms with Crippen molar-refractivity contribution in [1.29, 1.82) is 0 Å². The van der Waals surface area contributed by atoms with Crippen LogP contribution in [-0.4, -0.2) is 23.3 Å². The number of anilines is 1. The van der Waals surface area contributed by atoms with Crippen LogP contribution < -0.4 is 16.4 Å². The van der Waals surface area contributed by atoms with Crippen molar-refractivity contribution < 1.29 is 9.59 Å². The van der Waals surface area contributed by atoms with E-state index in [2.05, 4.69) is 22.5 Å². The zero-order valence-electron chi connectivity index (χ0n) is 14.4. The van der Waals surface area contributed by atoms with Gasteiger partial charge in [-0.1, -0.05) is 19.1 Å². The minimum atomic E-state index is -0.191. The lowest BCUT2D eigenvalue weighted by atomic mass is 9.93. The fraction of sp³-hybridized carbons (Fsp3) is 0.200. The highest BCUT2D eigenvalue weighted by atomic mass is 16.2. The van der Waals surface area contributed by atoms with E-state index in [4.69, 9.17) is 5.73 Å². The van der Waals surface area contributed by atoms with Gasteiger partial charge in [-0.2, -0.15) is 0 Å².